The van der Waals surface area contributed by atoms with Gasteiger partial charge in [-0.05, 0) is 19.3 Å². The van der Waals surface area contributed by atoms with Crippen molar-refractivity contribution >= 4 is 0 Å². The third-order valence-electron chi connectivity index (χ3n) is 1.87. The van der Waals surface area contributed by atoms with Crippen molar-refractivity contribution in [3.05, 3.63) is 0 Å². The van der Waals surface area contributed by atoms with E-state index in [9.17, 15) is 0 Å². The lowest BCUT2D eigenvalue weighted by molar-refractivity contribution is 0.373. The van der Waals surface area contributed by atoms with E-state index in [4.69, 9.17) is 5.26 Å². The summed E-state index contributed by atoms with van der Waals surface area (Å²) in [5.41, 5.74) is 0. The SMILES string of the molecule is CCCCN(C#N)C1CC1. The van der Waals surface area contributed by atoms with Crippen LogP contribution in [0.25, 0.3) is 0 Å². The fourth-order valence-electron chi connectivity index (χ4n) is 1.03. The van der Waals surface area contributed by atoms with Crippen molar-refractivity contribution in [1.82, 2.24) is 4.90 Å². The lowest BCUT2D eigenvalue weighted by Gasteiger charge is -2.12. The van der Waals surface area contributed by atoms with Gasteiger partial charge in [0.2, 0.25) is 0 Å². The molecule has 0 saturated heterocycles. The molecule has 2 nitrogen and oxygen atoms in total. The van der Waals surface area contributed by atoms with Crippen LogP contribution in [-0.2, 0) is 0 Å². The summed E-state index contributed by atoms with van der Waals surface area (Å²) in [6.07, 6.45) is 7.04. The van der Waals surface area contributed by atoms with Gasteiger partial charge in [0.25, 0.3) is 0 Å². The number of unbranched alkanes of at least 4 members (excludes halogenated alkanes) is 1. The molecule has 0 bridgehead atoms. The largest absolute Gasteiger partial charge is 0.308 e. The molecule has 1 fully saturated rings. The van der Waals surface area contributed by atoms with E-state index in [0.29, 0.717) is 6.04 Å². The van der Waals surface area contributed by atoms with Crippen LogP contribution in [0.4, 0.5) is 0 Å². The highest BCUT2D eigenvalue weighted by Crippen LogP contribution is 2.26. The van der Waals surface area contributed by atoms with Crippen LogP contribution in [0.15, 0.2) is 0 Å². The first-order chi connectivity index (χ1) is 4.88. The predicted molar refractivity (Wildman–Crippen MR) is 40.2 cm³/mol. The smallest absolute Gasteiger partial charge is 0.179 e. The van der Waals surface area contributed by atoms with E-state index in [1.807, 2.05) is 4.90 Å². The Bertz CT molecular complexity index is 133. The van der Waals surface area contributed by atoms with Crippen molar-refractivity contribution in [3.8, 4) is 6.19 Å². The Morgan fingerprint density at radius 2 is 2.30 bits per heavy atom. The molecule has 0 aromatic heterocycles. The molecule has 1 rings (SSSR count). The summed E-state index contributed by atoms with van der Waals surface area (Å²) in [5, 5.41) is 8.64. The molecular weight excluding hydrogens is 124 g/mol. The number of nitrogens with zero attached hydrogens (tertiary/aromatic N) is 2. The van der Waals surface area contributed by atoms with Crippen LogP contribution in [0.1, 0.15) is 32.6 Å². The van der Waals surface area contributed by atoms with Crippen molar-refractivity contribution in [2.24, 2.45) is 0 Å². The highest BCUT2D eigenvalue weighted by atomic mass is 15.2. The van der Waals surface area contributed by atoms with Crippen LogP contribution in [0.3, 0.4) is 0 Å². The Morgan fingerprint density at radius 3 is 2.70 bits per heavy atom. The summed E-state index contributed by atoms with van der Waals surface area (Å²) in [6, 6.07) is 0.608. The Labute approximate surface area is 62.4 Å². The van der Waals surface area contributed by atoms with Crippen molar-refractivity contribution in [2.75, 3.05) is 6.54 Å². The van der Waals surface area contributed by atoms with Crippen LogP contribution in [-0.4, -0.2) is 17.5 Å². The zero-order valence-electron chi connectivity index (χ0n) is 6.51. The summed E-state index contributed by atoms with van der Waals surface area (Å²) < 4.78 is 0. The molecule has 2 heteroatoms. The molecule has 0 aromatic carbocycles. The molecule has 0 radical (unpaired) electrons. The predicted octanol–water partition coefficient (Wildman–Crippen LogP) is 1.73. The van der Waals surface area contributed by atoms with Crippen LogP contribution in [0.2, 0.25) is 0 Å². The van der Waals surface area contributed by atoms with Gasteiger partial charge in [-0.1, -0.05) is 13.3 Å². The topological polar surface area (TPSA) is 27.0 Å². The van der Waals surface area contributed by atoms with Crippen molar-refractivity contribution in [2.45, 2.75) is 38.6 Å². The average Bonchev–Trinajstić information content (AvgIpc) is 2.73. The van der Waals surface area contributed by atoms with E-state index in [1.54, 1.807) is 0 Å². The van der Waals surface area contributed by atoms with Gasteiger partial charge in [-0.2, -0.15) is 5.26 Å². The minimum absolute atomic E-state index is 0.608. The number of nitriles is 1. The molecule has 1 aliphatic rings. The Morgan fingerprint density at radius 1 is 1.60 bits per heavy atom. The third-order valence-corrected chi connectivity index (χ3v) is 1.87. The molecule has 0 N–H and O–H groups in total. The van der Waals surface area contributed by atoms with Crippen molar-refractivity contribution < 1.29 is 0 Å². The number of hydrogen-bond acceptors (Lipinski definition) is 2. The van der Waals surface area contributed by atoms with E-state index < -0.39 is 0 Å². The fourth-order valence-corrected chi connectivity index (χ4v) is 1.03. The van der Waals surface area contributed by atoms with Crippen LogP contribution < -0.4 is 0 Å². The van der Waals surface area contributed by atoms with E-state index in [1.165, 1.54) is 19.3 Å². The third kappa shape index (κ3) is 1.91. The first-order valence-corrected chi connectivity index (χ1v) is 4.05. The minimum atomic E-state index is 0.608. The fraction of sp³-hybridized carbons (Fsp3) is 0.875. The lowest BCUT2D eigenvalue weighted by atomic mass is 10.3. The number of hydrogen-bond donors (Lipinski definition) is 0. The first-order valence-electron chi connectivity index (χ1n) is 4.05. The molecule has 0 heterocycles. The minimum Gasteiger partial charge on any atom is -0.308 e. The van der Waals surface area contributed by atoms with Gasteiger partial charge in [0.05, 0.1) is 0 Å². The quantitative estimate of drug-likeness (QED) is 0.437. The zero-order valence-corrected chi connectivity index (χ0v) is 6.51. The van der Waals surface area contributed by atoms with Gasteiger partial charge in [-0.15, -0.1) is 0 Å². The maximum absolute atomic E-state index is 8.64. The maximum atomic E-state index is 8.64. The Hall–Kier alpha value is -0.710. The second-order valence-electron chi connectivity index (χ2n) is 2.88. The molecule has 0 atom stereocenters. The molecule has 56 valence electrons. The number of rotatable bonds is 4. The molecule has 0 amide bonds. The van der Waals surface area contributed by atoms with Crippen molar-refractivity contribution in [3.63, 3.8) is 0 Å². The average molecular weight is 138 g/mol. The molecule has 1 saturated carbocycles. The summed E-state index contributed by atoms with van der Waals surface area (Å²) in [7, 11) is 0. The van der Waals surface area contributed by atoms with Crippen molar-refractivity contribution in [1.29, 1.82) is 5.26 Å². The van der Waals surface area contributed by atoms with E-state index in [0.717, 1.165) is 13.0 Å². The van der Waals surface area contributed by atoms with Gasteiger partial charge in [0.1, 0.15) is 0 Å². The van der Waals surface area contributed by atoms with Gasteiger partial charge < -0.3 is 4.90 Å². The highest BCUT2D eigenvalue weighted by Gasteiger charge is 2.27. The zero-order chi connectivity index (χ0) is 7.40. The van der Waals surface area contributed by atoms with E-state index >= 15 is 0 Å². The maximum Gasteiger partial charge on any atom is 0.179 e. The van der Waals surface area contributed by atoms with Gasteiger partial charge in [-0.3, -0.25) is 0 Å². The molecule has 10 heavy (non-hydrogen) atoms. The van der Waals surface area contributed by atoms with E-state index in [2.05, 4.69) is 13.1 Å². The first kappa shape index (κ1) is 7.40. The van der Waals surface area contributed by atoms with Gasteiger partial charge in [-0.25, -0.2) is 0 Å². The second-order valence-corrected chi connectivity index (χ2v) is 2.88. The molecule has 0 spiro atoms. The summed E-state index contributed by atoms with van der Waals surface area (Å²) in [4.78, 5) is 1.92. The van der Waals surface area contributed by atoms with Gasteiger partial charge in [0, 0.05) is 12.6 Å². The lowest BCUT2D eigenvalue weighted by Crippen LogP contribution is -2.20. The van der Waals surface area contributed by atoms with Gasteiger partial charge in [0.15, 0.2) is 6.19 Å². The van der Waals surface area contributed by atoms with Gasteiger partial charge >= 0.3 is 0 Å². The Balaban J connectivity index is 2.15. The Kier molecular flexibility index (Phi) is 2.56. The standard InChI is InChI=1S/C8H14N2/c1-2-3-6-10(7-9)8-4-5-8/h8H,2-6H2,1H3. The van der Waals surface area contributed by atoms with Crippen LogP contribution in [0, 0.1) is 11.5 Å². The second kappa shape index (κ2) is 3.46. The summed E-state index contributed by atoms with van der Waals surface area (Å²) >= 11 is 0. The molecular formula is C8H14N2. The summed E-state index contributed by atoms with van der Waals surface area (Å²) in [5.74, 6) is 0. The monoisotopic (exact) mass is 138 g/mol. The molecule has 0 aliphatic heterocycles. The molecule has 0 aromatic rings. The normalized spacial score (nSPS) is 16.4. The van der Waals surface area contributed by atoms with Crippen LogP contribution >= 0.6 is 0 Å². The summed E-state index contributed by atoms with van der Waals surface area (Å²) in [6.45, 7) is 3.13. The van der Waals surface area contributed by atoms with E-state index in [-0.39, 0.29) is 0 Å². The molecule has 1 aliphatic carbocycles. The van der Waals surface area contributed by atoms with Crippen LogP contribution in [0.5, 0.6) is 0 Å². The highest BCUT2D eigenvalue weighted by molar-refractivity contribution is 4.91. The molecule has 0 unspecified atom stereocenters.